The Morgan fingerprint density at radius 1 is 1.22 bits per heavy atom. The number of para-hydroxylation sites is 2. The minimum Gasteiger partial charge on any atom is -0.491 e. The lowest BCUT2D eigenvalue weighted by atomic mass is 10.2. The maximum Gasteiger partial charge on any atom is 0.257 e. The van der Waals surface area contributed by atoms with Crippen molar-refractivity contribution in [1.29, 1.82) is 0 Å². The van der Waals surface area contributed by atoms with Crippen LogP contribution in [0.25, 0.3) is 0 Å². The van der Waals surface area contributed by atoms with Gasteiger partial charge in [-0.1, -0.05) is 31.7 Å². The molecule has 0 heterocycles. The molecule has 2 aromatic rings. The Hall–Kier alpha value is -2.86. The highest BCUT2D eigenvalue weighted by Gasteiger charge is 2.10. The number of hydrogen-bond donors (Lipinski definition) is 2. The van der Waals surface area contributed by atoms with E-state index >= 15 is 0 Å². The van der Waals surface area contributed by atoms with E-state index < -0.39 is 0 Å². The number of rotatable bonds is 8. The molecule has 6 heteroatoms. The third kappa shape index (κ3) is 6.42. The van der Waals surface area contributed by atoms with Crippen LogP contribution in [0.4, 0.5) is 5.69 Å². The Balaban J connectivity index is 1.96. The molecule has 142 valence electrons. The number of amides is 1. The number of carbonyl (C=O) groups excluding carboxylic acids is 1. The van der Waals surface area contributed by atoms with Gasteiger partial charge in [0.05, 0.1) is 11.8 Å². The molecule has 2 aromatic carbocycles. The second-order valence-electron chi connectivity index (χ2n) is 5.87. The van der Waals surface area contributed by atoms with Crippen LogP contribution in [0.2, 0.25) is 0 Å². The Morgan fingerprint density at radius 3 is 2.59 bits per heavy atom. The van der Waals surface area contributed by atoms with Crippen molar-refractivity contribution in [3.63, 3.8) is 0 Å². The van der Waals surface area contributed by atoms with E-state index in [2.05, 4.69) is 24.1 Å². The third-order valence-corrected chi connectivity index (χ3v) is 3.95. The zero-order chi connectivity index (χ0) is 19.6. The number of hydrogen-bond acceptors (Lipinski definition) is 4. The molecular weight excluding hydrogens is 360 g/mol. The van der Waals surface area contributed by atoms with Gasteiger partial charge in [0.2, 0.25) is 0 Å². The summed E-state index contributed by atoms with van der Waals surface area (Å²) in [6, 6.07) is 14.3. The van der Waals surface area contributed by atoms with Crippen molar-refractivity contribution in [2.75, 3.05) is 11.9 Å². The minimum atomic E-state index is -0.299. The largest absolute Gasteiger partial charge is 0.491 e. The van der Waals surface area contributed by atoms with Gasteiger partial charge in [-0.2, -0.15) is 0 Å². The fourth-order valence-electron chi connectivity index (χ4n) is 2.17. The van der Waals surface area contributed by atoms with Crippen LogP contribution >= 0.6 is 12.2 Å². The zero-order valence-corrected chi connectivity index (χ0v) is 16.3. The number of anilines is 1. The lowest BCUT2D eigenvalue weighted by molar-refractivity contribution is 0.0977. The molecule has 0 fully saturated rings. The van der Waals surface area contributed by atoms with Crippen LogP contribution in [0.15, 0.2) is 61.2 Å². The number of carbonyl (C=O) groups is 1. The van der Waals surface area contributed by atoms with Crippen molar-refractivity contribution in [3.05, 3.63) is 66.7 Å². The van der Waals surface area contributed by atoms with Crippen LogP contribution in [0.5, 0.6) is 11.5 Å². The summed E-state index contributed by atoms with van der Waals surface area (Å²) in [4.78, 5) is 12.4. The highest BCUT2D eigenvalue weighted by atomic mass is 32.1. The first-order chi connectivity index (χ1) is 13.0. The van der Waals surface area contributed by atoms with Crippen LogP contribution < -0.4 is 20.1 Å². The minimum absolute atomic E-state index is 0.129. The first-order valence-corrected chi connectivity index (χ1v) is 9.16. The predicted molar refractivity (Wildman–Crippen MR) is 113 cm³/mol. The summed E-state index contributed by atoms with van der Waals surface area (Å²) in [5.74, 6) is 1.06. The molecule has 1 amide bonds. The van der Waals surface area contributed by atoms with E-state index in [1.165, 1.54) is 0 Å². The molecule has 1 atom stereocenters. The van der Waals surface area contributed by atoms with Crippen molar-refractivity contribution >= 4 is 28.9 Å². The van der Waals surface area contributed by atoms with Crippen molar-refractivity contribution in [1.82, 2.24) is 5.32 Å². The van der Waals surface area contributed by atoms with Crippen LogP contribution in [0.3, 0.4) is 0 Å². The highest BCUT2D eigenvalue weighted by Crippen LogP contribution is 2.23. The van der Waals surface area contributed by atoms with E-state index in [9.17, 15) is 4.79 Å². The van der Waals surface area contributed by atoms with Crippen molar-refractivity contribution in [2.45, 2.75) is 26.4 Å². The Labute approximate surface area is 165 Å². The molecule has 0 aliphatic carbocycles. The fourth-order valence-corrected chi connectivity index (χ4v) is 2.38. The molecule has 0 saturated carbocycles. The highest BCUT2D eigenvalue weighted by molar-refractivity contribution is 7.80. The molecule has 5 nitrogen and oxygen atoms in total. The normalized spacial score (nSPS) is 11.2. The number of nitrogens with one attached hydrogen (secondary N) is 2. The van der Waals surface area contributed by atoms with E-state index in [0.717, 1.165) is 12.2 Å². The quantitative estimate of drug-likeness (QED) is 0.516. The lowest BCUT2D eigenvalue weighted by Crippen LogP contribution is -2.34. The van der Waals surface area contributed by atoms with Gasteiger partial charge in [0.25, 0.3) is 5.91 Å². The molecule has 0 spiro atoms. The molecule has 2 rings (SSSR count). The molecule has 0 bridgehead atoms. The maximum atomic E-state index is 12.4. The molecule has 27 heavy (non-hydrogen) atoms. The lowest BCUT2D eigenvalue weighted by Gasteiger charge is -2.14. The average molecular weight is 385 g/mol. The van der Waals surface area contributed by atoms with Crippen LogP contribution in [0.1, 0.15) is 30.6 Å². The molecule has 0 aromatic heterocycles. The Morgan fingerprint density at radius 2 is 1.93 bits per heavy atom. The molecule has 2 N–H and O–H groups in total. The second-order valence-corrected chi connectivity index (χ2v) is 6.27. The third-order valence-electron chi connectivity index (χ3n) is 3.75. The Kier molecular flexibility index (Phi) is 7.82. The van der Waals surface area contributed by atoms with E-state index in [0.29, 0.717) is 23.6 Å². The number of benzene rings is 2. The van der Waals surface area contributed by atoms with Crippen LogP contribution in [-0.4, -0.2) is 23.7 Å². The maximum absolute atomic E-state index is 12.4. The summed E-state index contributed by atoms with van der Waals surface area (Å²) in [5, 5.41) is 5.83. The fraction of sp³-hybridized carbons (Fsp3) is 0.238. The molecule has 0 aliphatic rings. The summed E-state index contributed by atoms with van der Waals surface area (Å²) < 4.78 is 11.3. The first kappa shape index (κ1) is 20.5. The smallest absolute Gasteiger partial charge is 0.257 e. The summed E-state index contributed by atoms with van der Waals surface area (Å²) in [6.45, 7) is 8.06. The molecule has 0 aliphatic heterocycles. The van der Waals surface area contributed by atoms with Crippen molar-refractivity contribution in [3.8, 4) is 11.5 Å². The van der Waals surface area contributed by atoms with Crippen molar-refractivity contribution < 1.29 is 14.3 Å². The monoisotopic (exact) mass is 384 g/mol. The van der Waals surface area contributed by atoms with Crippen LogP contribution in [-0.2, 0) is 0 Å². The van der Waals surface area contributed by atoms with Gasteiger partial charge in [0.15, 0.2) is 5.11 Å². The van der Waals surface area contributed by atoms with Crippen molar-refractivity contribution in [2.24, 2.45) is 0 Å². The zero-order valence-electron chi connectivity index (χ0n) is 15.5. The molecule has 0 saturated heterocycles. The topological polar surface area (TPSA) is 59.6 Å². The van der Waals surface area contributed by atoms with Crippen LogP contribution in [0, 0.1) is 0 Å². The van der Waals surface area contributed by atoms with Gasteiger partial charge in [0.1, 0.15) is 18.1 Å². The number of thiocarbonyl (C=S) groups is 1. The van der Waals surface area contributed by atoms with E-state index in [1.807, 2.05) is 31.2 Å². The van der Waals surface area contributed by atoms with Gasteiger partial charge in [-0.05, 0) is 62.0 Å². The van der Waals surface area contributed by atoms with Gasteiger partial charge in [-0.15, -0.1) is 0 Å². The average Bonchev–Trinajstić information content (AvgIpc) is 2.67. The summed E-state index contributed by atoms with van der Waals surface area (Å²) >= 11 is 5.24. The summed E-state index contributed by atoms with van der Waals surface area (Å²) in [5.41, 5.74) is 1.16. The summed E-state index contributed by atoms with van der Waals surface area (Å²) in [6.07, 6.45) is 2.70. The Bertz CT molecular complexity index is 790. The van der Waals surface area contributed by atoms with E-state index in [1.54, 1.807) is 30.3 Å². The van der Waals surface area contributed by atoms with E-state index in [-0.39, 0.29) is 17.1 Å². The van der Waals surface area contributed by atoms with Gasteiger partial charge in [-0.25, -0.2) is 0 Å². The number of ether oxygens (including phenoxy) is 2. The molecule has 1 unspecified atom stereocenters. The molecular formula is C21H24N2O3S. The van der Waals surface area contributed by atoms with E-state index in [4.69, 9.17) is 21.7 Å². The van der Waals surface area contributed by atoms with Gasteiger partial charge < -0.3 is 14.8 Å². The molecule has 0 radical (unpaired) electrons. The summed E-state index contributed by atoms with van der Waals surface area (Å²) in [7, 11) is 0. The standard InChI is InChI=1S/C21H24N2O3S/c1-4-14-25-19-9-7-6-8-18(19)22-21(27)23-20(24)16-10-12-17(13-11-16)26-15(3)5-2/h4,6-13,15H,1,5,14H2,2-3H3,(H2,22,23,24,27). The second kappa shape index (κ2) is 10.3. The SMILES string of the molecule is C=CCOc1ccccc1NC(=S)NC(=O)c1ccc(OC(C)CC)cc1. The first-order valence-electron chi connectivity index (χ1n) is 8.75. The predicted octanol–water partition coefficient (Wildman–Crippen LogP) is 4.56. The van der Waals surface area contributed by atoms with Gasteiger partial charge in [-0.3, -0.25) is 10.1 Å². The van der Waals surface area contributed by atoms with Gasteiger partial charge in [0, 0.05) is 5.56 Å². The van der Waals surface area contributed by atoms with Gasteiger partial charge >= 0.3 is 0 Å².